The molecule has 0 aliphatic heterocycles. The Morgan fingerprint density at radius 1 is 1.05 bits per heavy atom. The molecule has 0 bridgehead atoms. The summed E-state index contributed by atoms with van der Waals surface area (Å²) >= 11 is 1.61. The summed E-state index contributed by atoms with van der Waals surface area (Å²) < 4.78 is 26.6. The van der Waals surface area contributed by atoms with Gasteiger partial charge in [0.15, 0.2) is 0 Å². The first-order chi connectivity index (χ1) is 10.1. The van der Waals surface area contributed by atoms with Gasteiger partial charge in [0.25, 0.3) is 0 Å². The lowest BCUT2D eigenvalue weighted by Gasteiger charge is -2.16. The van der Waals surface area contributed by atoms with Crippen molar-refractivity contribution in [3.63, 3.8) is 0 Å². The SMILES string of the molecule is CCCNC(CCC)c1ccc(-c2cc(F)cc(F)c2)s1. The predicted molar refractivity (Wildman–Crippen MR) is 85.6 cm³/mol. The highest BCUT2D eigenvalue weighted by atomic mass is 32.1. The molecule has 2 rings (SSSR count). The van der Waals surface area contributed by atoms with Crippen LogP contribution >= 0.6 is 11.3 Å². The van der Waals surface area contributed by atoms with Crippen molar-refractivity contribution < 1.29 is 8.78 Å². The van der Waals surface area contributed by atoms with Gasteiger partial charge in [-0.3, -0.25) is 0 Å². The van der Waals surface area contributed by atoms with Crippen LogP contribution in [0.4, 0.5) is 8.78 Å². The van der Waals surface area contributed by atoms with Crippen LogP contribution in [0.1, 0.15) is 44.0 Å². The molecule has 1 heterocycles. The van der Waals surface area contributed by atoms with E-state index in [1.54, 1.807) is 11.3 Å². The molecule has 0 radical (unpaired) electrons. The van der Waals surface area contributed by atoms with E-state index >= 15 is 0 Å². The largest absolute Gasteiger partial charge is 0.309 e. The number of halogens is 2. The summed E-state index contributed by atoms with van der Waals surface area (Å²) in [5.41, 5.74) is 0.606. The number of hydrogen-bond acceptors (Lipinski definition) is 2. The summed E-state index contributed by atoms with van der Waals surface area (Å²) in [6.45, 7) is 5.29. The molecule has 4 heteroatoms. The average Bonchev–Trinajstić information content (AvgIpc) is 2.92. The van der Waals surface area contributed by atoms with Gasteiger partial charge in [0.2, 0.25) is 0 Å². The molecule has 0 fully saturated rings. The van der Waals surface area contributed by atoms with E-state index in [0.29, 0.717) is 11.6 Å². The fraction of sp³-hybridized carbons (Fsp3) is 0.412. The van der Waals surface area contributed by atoms with E-state index < -0.39 is 11.6 Å². The first-order valence-electron chi connectivity index (χ1n) is 7.43. The van der Waals surface area contributed by atoms with Gasteiger partial charge in [0, 0.05) is 21.9 Å². The third-order valence-electron chi connectivity index (χ3n) is 3.34. The number of thiophene rings is 1. The van der Waals surface area contributed by atoms with E-state index in [-0.39, 0.29) is 0 Å². The van der Waals surface area contributed by atoms with Crippen LogP contribution in [-0.2, 0) is 0 Å². The first-order valence-corrected chi connectivity index (χ1v) is 8.25. The van der Waals surface area contributed by atoms with E-state index in [2.05, 4.69) is 25.2 Å². The third kappa shape index (κ3) is 4.35. The second-order valence-corrected chi connectivity index (χ2v) is 6.27. The van der Waals surface area contributed by atoms with Gasteiger partial charge in [-0.25, -0.2) is 8.78 Å². The van der Waals surface area contributed by atoms with Gasteiger partial charge >= 0.3 is 0 Å². The van der Waals surface area contributed by atoms with E-state index in [0.717, 1.165) is 36.8 Å². The van der Waals surface area contributed by atoms with Gasteiger partial charge in [-0.05, 0) is 49.2 Å². The molecule has 1 aromatic heterocycles. The highest BCUT2D eigenvalue weighted by Gasteiger charge is 2.13. The Bertz CT molecular complexity index is 560. The molecule has 0 saturated heterocycles. The van der Waals surface area contributed by atoms with Crippen molar-refractivity contribution in [2.75, 3.05) is 6.54 Å². The van der Waals surface area contributed by atoms with Gasteiger partial charge < -0.3 is 5.32 Å². The Balaban J connectivity index is 2.22. The molecule has 1 nitrogen and oxygen atoms in total. The van der Waals surface area contributed by atoms with Crippen molar-refractivity contribution in [3.05, 3.63) is 46.8 Å². The summed E-state index contributed by atoms with van der Waals surface area (Å²) in [4.78, 5) is 2.13. The summed E-state index contributed by atoms with van der Waals surface area (Å²) in [7, 11) is 0. The molecule has 0 amide bonds. The van der Waals surface area contributed by atoms with Gasteiger partial charge in [0.1, 0.15) is 11.6 Å². The second kappa shape index (κ2) is 7.66. The molecule has 0 aliphatic carbocycles. The molecule has 0 saturated carbocycles. The van der Waals surface area contributed by atoms with Crippen LogP contribution in [0.25, 0.3) is 10.4 Å². The highest BCUT2D eigenvalue weighted by molar-refractivity contribution is 7.15. The molecule has 1 unspecified atom stereocenters. The normalized spacial score (nSPS) is 12.6. The molecule has 0 spiro atoms. The second-order valence-electron chi connectivity index (χ2n) is 5.16. The van der Waals surface area contributed by atoms with Crippen molar-refractivity contribution >= 4 is 11.3 Å². The topological polar surface area (TPSA) is 12.0 Å². The Morgan fingerprint density at radius 3 is 2.38 bits per heavy atom. The van der Waals surface area contributed by atoms with E-state index in [9.17, 15) is 8.78 Å². The zero-order valence-electron chi connectivity index (χ0n) is 12.5. The minimum absolute atomic E-state index is 0.326. The molecule has 2 aromatic rings. The van der Waals surface area contributed by atoms with Crippen molar-refractivity contribution in [3.8, 4) is 10.4 Å². The van der Waals surface area contributed by atoms with Crippen LogP contribution in [-0.4, -0.2) is 6.54 Å². The van der Waals surface area contributed by atoms with Crippen molar-refractivity contribution in [1.82, 2.24) is 5.32 Å². The van der Waals surface area contributed by atoms with Crippen molar-refractivity contribution in [2.45, 2.75) is 39.2 Å². The van der Waals surface area contributed by atoms with E-state index in [4.69, 9.17) is 0 Å². The third-order valence-corrected chi connectivity index (χ3v) is 4.58. The Labute approximate surface area is 129 Å². The maximum Gasteiger partial charge on any atom is 0.126 e. The van der Waals surface area contributed by atoms with Crippen LogP contribution in [0, 0.1) is 11.6 Å². The monoisotopic (exact) mass is 309 g/mol. The fourth-order valence-corrected chi connectivity index (χ4v) is 3.45. The predicted octanol–water partition coefficient (Wildman–Crippen LogP) is 5.53. The smallest absolute Gasteiger partial charge is 0.126 e. The lowest BCUT2D eigenvalue weighted by atomic mass is 10.1. The Hall–Kier alpha value is -1.26. The van der Waals surface area contributed by atoms with Gasteiger partial charge in [-0.15, -0.1) is 11.3 Å². The van der Waals surface area contributed by atoms with Crippen LogP contribution in [0.2, 0.25) is 0 Å². The minimum Gasteiger partial charge on any atom is -0.309 e. The maximum atomic E-state index is 13.3. The Kier molecular flexibility index (Phi) is 5.88. The lowest BCUT2D eigenvalue weighted by Crippen LogP contribution is -2.21. The lowest BCUT2D eigenvalue weighted by molar-refractivity contribution is 0.501. The molecule has 1 N–H and O–H groups in total. The molecule has 0 aliphatic rings. The first kappa shape index (κ1) is 16.1. The summed E-state index contributed by atoms with van der Waals surface area (Å²) in [6.07, 6.45) is 3.26. The zero-order chi connectivity index (χ0) is 15.2. The number of benzene rings is 1. The molecule has 21 heavy (non-hydrogen) atoms. The van der Waals surface area contributed by atoms with E-state index in [1.165, 1.54) is 17.0 Å². The standard InChI is InChI=1S/C17H21F2NS/c1-3-5-15(20-8-4-2)17-7-6-16(21-17)12-9-13(18)11-14(19)10-12/h6-7,9-11,15,20H,3-5,8H2,1-2H3. The zero-order valence-corrected chi connectivity index (χ0v) is 13.3. The van der Waals surface area contributed by atoms with Crippen LogP contribution < -0.4 is 5.32 Å². The van der Waals surface area contributed by atoms with Crippen LogP contribution in [0.5, 0.6) is 0 Å². The van der Waals surface area contributed by atoms with Crippen molar-refractivity contribution in [2.24, 2.45) is 0 Å². The quantitative estimate of drug-likeness (QED) is 0.708. The fourth-order valence-electron chi connectivity index (χ4n) is 2.34. The Morgan fingerprint density at radius 2 is 1.76 bits per heavy atom. The van der Waals surface area contributed by atoms with Gasteiger partial charge in [0.05, 0.1) is 0 Å². The van der Waals surface area contributed by atoms with Crippen LogP contribution in [0.3, 0.4) is 0 Å². The van der Waals surface area contributed by atoms with Crippen LogP contribution in [0.15, 0.2) is 30.3 Å². The number of nitrogens with one attached hydrogen (secondary N) is 1. The summed E-state index contributed by atoms with van der Waals surface area (Å²) in [5, 5.41) is 3.54. The van der Waals surface area contributed by atoms with Gasteiger partial charge in [-0.2, -0.15) is 0 Å². The maximum absolute atomic E-state index is 13.3. The average molecular weight is 309 g/mol. The number of hydrogen-bond donors (Lipinski definition) is 1. The molecular formula is C17H21F2NS. The molecule has 1 aromatic carbocycles. The summed E-state index contributed by atoms with van der Waals surface area (Å²) in [6, 6.07) is 8.00. The molecular weight excluding hydrogens is 288 g/mol. The molecule has 1 atom stereocenters. The molecule has 114 valence electrons. The minimum atomic E-state index is -0.533. The number of rotatable bonds is 7. The van der Waals surface area contributed by atoms with Gasteiger partial charge in [-0.1, -0.05) is 20.3 Å². The summed E-state index contributed by atoms with van der Waals surface area (Å²) in [5.74, 6) is -1.07. The van der Waals surface area contributed by atoms with Crippen molar-refractivity contribution in [1.29, 1.82) is 0 Å². The highest BCUT2D eigenvalue weighted by Crippen LogP contribution is 2.33. The van der Waals surface area contributed by atoms with E-state index in [1.807, 2.05) is 6.07 Å².